The first-order chi connectivity index (χ1) is 8.34. The van der Waals surface area contributed by atoms with Gasteiger partial charge in [0.25, 0.3) is 0 Å². The number of hydrogen-bond acceptors (Lipinski definition) is 1. The van der Waals surface area contributed by atoms with Crippen molar-refractivity contribution in [3.05, 3.63) is 0 Å². The molecule has 0 saturated heterocycles. The molecule has 17 heavy (non-hydrogen) atoms. The van der Waals surface area contributed by atoms with E-state index in [1.807, 2.05) is 0 Å². The van der Waals surface area contributed by atoms with E-state index in [1.54, 1.807) is 0 Å². The summed E-state index contributed by atoms with van der Waals surface area (Å²) in [5.74, 6) is 0.989. The van der Waals surface area contributed by atoms with Crippen LogP contribution in [0, 0.1) is 5.92 Å². The standard InChI is InChI=1S/C16H30O/c1-2-3-4-5-6-7-8-9-12-15-13-10-11-14-16(15)17/h15H,2-14H2,1H3. The minimum atomic E-state index is 0.434. The zero-order chi connectivity index (χ0) is 12.3. The first-order valence-electron chi connectivity index (χ1n) is 7.87. The van der Waals surface area contributed by atoms with Crippen molar-refractivity contribution < 1.29 is 4.79 Å². The maximum Gasteiger partial charge on any atom is 0.135 e. The number of carbonyl (C=O) groups excluding carboxylic acids is 1. The van der Waals surface area contributed by atoms with E-state index in [4.69, 9.17) is 0 Å². The Hall–Kier alpha value is -0.330. The number of unbranched alkanes of at least 4 members (excludes halogenated alkanes) is 7. The molecule has 1 rings (SSSR count). The maximum absolute atomic E-state index is 11.6. The summed E-state index contributed by atoms with van der Waals surface area (Å²) in [6.45, 7) is 2.27. The predicted molar refractivity (Wildman–Crippen MR) is 74.2 cm³/mol. The Kier molecular flexibility index (Phi) is 8.38. The van der Waals surface area contributed by atoms with Gasteiger partial charge in [-0.25, -0.2) is 0 Å². The molecule has 0 aromatic heterocycles. The normalized spacial score (nSPS) is 20.8. The first-order valence-corrected chi connectivity index (χ1v) is 7.87. The second-order valence-corrected chi connectivity index (χ2v) is 5.67. The number of rotatable bonds is 9. The van der Waals surface area contributed by atoms with Gasteiger partial charge >= 0.3 is 0 Å². The predicted octanol–water partition coefficient (Wildman–Crippen LogP) is 5.28. The van der Waals surface area contributed by atoms with Crippen LogP contribution >= 0.6 is 0 Å². The SMILES string of the molecule is CCCCCCCCCCC1CCCCC1=O. The molecule has 1 saturated carbocycles. The molecule has 0 aromatic carbocycles. The van der Waals surface area contributed by atoms with E-state index in [0.717, 1.165) is 12.8 Å². The Labute approximate surface area is 107 Å². The molecule has 0 aromatic rings. The lowest BCUT2D eigenvalue weighted by atomic mass is 9.84. The maximum atomic E-state index is 11.6. The highest BCUT2D eigenvalue weighted by atomic mass is 16.1. The highest BCUT2D eigenvalue weighted by Gasteiger charge is 2.20. The van der Waals surface area contributed by atoms with Crippen molar-refractivity contribution in [1.82, 2.24) is 0 Å². The summed E-state index contributed by atoms with van der Waals surface area (Å²) in [6, 6.07) is 0. The van der Waals surface area contributed by atoms with Gasteiger partial charge < -0.3 is 0 Å². The molecule has 0 radical (unpaired) electrons. The zero-order valence-corrected chi connectivity index (χ0v) is 11.7. The Morgan fingerprint density at radius 2 is 1.59 bits per heavy atom. The Morgan fingerprint density at radius 3 is 2.24 bits per heavy atom. The molecule has 1 atom stereocenters. The lowest BCUT2D eigenvalue weighted by Gasteiger charge is -2.20. The van der Waals surface area contributed by atoms with Gasteiger partial charge in [0.2, 0.25) is 0 Å². The van der Waals surface area contributed by atoms with Gasteiger partial charge in [-0.15, -0.1) is 0 Å². The summed E-state index contributed by atoms with van der Waals surface area (Å²) in [5, 5.41) is 0. The molecule has 0 aliphatic heterocycles. The molecule has 1 nitrogen and oxygen atoms in total. The second kappa shape index (κ2) is 9.67. The average Bonchev–Trinajstić information content (AvgIpc) is 2.35. The van der Waals surface area contributed by atoms with Gasteiger partial charge in [0.1, 0.15) is 5.78 Å². The fraction of sp³-hybridized carbons (Fsp3) is 0.938. The van der Waals surface area contributed by atoms with Crippen LogP contribution in [-0.4, -0.2) is 5.78 Å². The number of ketones is 1. The third-order valence-electron chi connectivity index (χ3n) is 4.09. The van der Waals surface area contributed by atoms with Gasteiger partial charge in [0.15, 0.2) is 0 Å². The molecule has 0 spiro atoms. The summed E-state index contributed by atoms with van der Waals surface area (Å²) in [7, 11) is 0. The van der Waals surface area contributed by atoms with Crippen LogP contribution in [0.4, 0.5) is 0 Å². The van der Waals surface area contributed by atoms with Crippen LogP contribution in [0.1, 0.15) is 90.4 Å². The summed E-state index contributed by atoms with van der Waals surface area (Å²) in [6.07, 6.45) is 16.6. The first kappa shape index (κ1) is 14.7. The molecule has 1 aliphatic carbocycles. The van der Waals surface area contributed by atoms with E-state index in [-0.39, 0.29) is 0 Å². The molecule has 0 N–H and O–H groups in total. The van der Waals surface area contributed by atoms with Crippen molar-refractivity contribution in [3.8, 4) is 0 Å². The molecule has 1 unspecified atom stereocenters. The molecular formula is C16H30O. The van der Waals surface area contributed by atoms with Gasteiger partial charge in [-0.2, -0.15) is 0 Å². The van der Waals surface area contributed by atoms with E-state index in [0.29, 0.717) is 11.7 Å². The quantitative estimate of drug-likeness (QED) is 0.500. The summed E-state index contributed by atoms with van der Waals surface area (Å²) < 4.78 is 0. The van der Waals surface area contributed by atoms with Crippen LogP contribution in [0.5, 0.6) is 0 Å². The minimum absolute atomic E-state index is 0.434. The van der Waals surface area contributed by atoms with Crippen LogP contribution in [0.25, 0.3) is 0 Å². The smallest absolute Gasteiger partial charge is 0.135 e. The van der Waals surface area contributed by atoms with E-state index in [2.05, 4.69) is 6.92 Å². The van der Waals surface area contributed by atoms with Crippen molar-refractivity contribution in [3.63, 3.8) is 0 Å². The number of hydrogen-bond donors (Lipinski definition) is 0. The Bertz CT molecular complexity index is 198. The lowest BCUT2D eigenvalue weighted by molar-refractivity contribution is -0.124. The number of Topliss-reactive ketones (excluding diaryl/α,β-unsaturated/α-hetero) is 1. The molecule has 0 bridgehead atoms. The van der Waals surface area contributed by atoms with Gasteiger partial charge in [-0.05, 0) is 19.3 Å². The molecular weight excluding hydrogens is 208 g/mol. The summed E-state index contributed by atoms with van der Waals surface area (Å²) in [5.41, 5.74) is 0. The third-order valence-corrected chi connectivity index (χ3v) is 4.09. The topological polar surface area (TPSA) is 17.1 Å². The van der Waals surface area contributed by atoms with Crippen LogP contribution in [0.2, 0.25) is 0 Å². The number of carbonyl (C=O) groups is 1. The molecule has 100 valence electrons. The van der Waals surface area contributed by atoms with Crippen LogP contribution in [-0.2, 0) is 4.79 Å². The van der Waals surface area contributed by atoms with E-state index in [9.17, 15) is 4.79 Å². The van der Waals surface area contributed by atoms with Crippen molar-refractivity contribution in [2.24, 2.45) is 5.92 Å². The van der Waals surface area contributed by atoms with E-state index < -0.39 is 0 Å². The lowest BCUT2D eigenvalue weighted by Crippen LogP contribution is -2.18. The fourth-order valence-corrected chi connectivity index (χ4v) is 2.89. The largest absolute Gasteiger partial charge is 0.299 e. The van der Waals surface area contributed by atoms with Crippen molar-refractivity contribution in [1.29, 1.82) is 0 Å². The fourth-order valence-electron chi connectivity index (χ4n) is 2.89. The highest BCUT2D eigenvalue weighted by Crippen LogP contribution is 2.25. The molecule has 1 aliphatic rings. The van der Waals surface area contributed by atoms with Crippen LogP contribution < -0.4 is 0 Å². The van der Waals surface area contributed by atoms with Gasteiger partial charge in [-0.1, -0.05) is 64.7 Å². The second-order valence-electron chi connectivity index (χ2n) is 5.67. The van der Waals surface area contributed by atoms with Crippen molar-refractivity contribution in [2.45, 2.75) is 90.4 Å². The van der Waals surface area contributed by atoms with Crippen LogP contribution in [0.15, 0.2) is 0 Å². The van der Waals surface area contributed by atoms with E-state index >= 15 is 0 Å². The van der Waals surface area contributed by atoms with Crippen molar-refractivity contribution >= 4 is 5.78 Å². The van der Waals surface area contributed by atoms with Gasteiger partial charge in [-0.3, -0.25) is 4.79 Å². The van der Waals surface area contributed by atoms with Gasteiger partial charge in [0.05, 0.1) is 0 Å². The summed E-state index contributed by atoms with van der Waals surface area (Å²) >= 11 is 0. The Morgan fingerprint density at radius 1 is 0.941 bits per heavy atom. The molecule has 1 fully saturated rings. The van der Waals surface area contributed by atoms with Crippen molar-refractivity contribution in [2.75, 3.05) is 0 Å². The molecule has 1 heteroatoms. The van der Waals surface area contributed by atoms with E-state index in [1.165, 1.54) is 70.6 Å². The van der Waals surface area contributed by atoms with Crippen LogP contribution in [0.3, 0.4) is 0 Å². The average molecular weight is 238 g/mol. The zero-order valence-electron chi connectivity index (χ0n) is 11.7. The highest BCUT2D eigenvalue weighted by molar-refractivity contribution is 5.81. The molecule has 0 heterocycles. The van der Waals surface area contributed by atoms with Gasteiger partial charge in [0, 0.05) is 12.3 Å². The Balaban J connectivity index is 1.88. The molecule has 0 amide bonds. The monoisotopic (exact) mass is 238 g/mol. The summed E-state index contributed by atoms with van der Waals surface area (Å²) in [4.78, 5) is 11.6. The minimum Gasteiger partial charge on any atom is -0.299 e. The third kappa shape index (κ3) is 6.85.